The van der Waals surface area contributed by atoms with Gasteiger partial charge in [-0.2, -0.15) is 0 Å². The van der Waals surface area contributed by atoms with Crippen LogP contribution in [0.15, 0.2) is 48.5 Å². The highest BCUT2D eigenvalue weighted by molar-refractivity contribution is 6.30. The van der Waals surface area contributed by atoms with Crippen LogP contribution in [0.3, 0.4) is 0 Å². The van der Waals surface area contributed by atoms with Crippen molar-refractivity contribution in [2.75, 3.05) is 37.7 Å². The average Bonchev–Trinajstić information content (AvgIpc) is 2.68. The van der Waals surface area contributed by atoms with Gasteiger partial charge in [-0.05, 0) is 23.8 Å². The van der Waals surface area contributed by atoms with E-state index >= 15 is 0 Å². The molecule has 0 aliphatic carbocycles. The first-order valence-electron chi connectivity index (χ1n) is 8.74. The molecule has 0 atom stereocenters. The molecule has 1 aliphatic rings. The lowest BCUT2D eigenvalue weighted by Crippen LogP contribution is -2.49. The number of hydrogen-bond acceptors (Lipinski definition) is 4. The maximum absolute atomic E-state index is 12.5. The second-order valence-electron chi connectivity index (χ2n) is 6.32. The van der Waals surface area contributed by atoms with E-state index in [1.54, 1.807) is 18.2 Å². The fourth-order valence-electron chi connectivity index (χ4n) is 3.08. The SMILES string of the molecule is O=C(O)COc1ccc(Cl)cc1N1CCN(C(=O)Cc2ccccc2)CC1. The summed E-state index contributed by atoms with van der Waals surface area (Å²) in [4.78, 5) is 27.2. The Labute approximate surface area is 162 Å². The number of aliphatic carboxylic acids is 1. The van der Waals surface area contributed by atoms with Crippen LogP contribution in [0.25, 0.3) is 0 Å². The first kappa shape index (κ1) is 19.0. The average molecular weight is 389 g/mol. The molecule has 2 aromatic carbocycles. The number of amides is 1. The summed E-state index contributed by atoms with van der Waals surface area (Å²) < 4.78 is 5.38. The van der Waals surface area contributed by atoms with E-state index in [2.05, 4.69) is 4.90 Å². The summed E-state index contributed by atoms with van der Waals surface area (Å²) in [7, 11) is 0. The van der Waals surface area contributed by atoms with Gasteiger partial charge < -0.3 is 19.6 Å². The predicted octanol–water partition coefficient (Wildman–Crippen LogP) is 2.69. The van der Waals surface area contributed by atoms with Gasteiger partial charge in [-0.15, -0.1) is 0 Å². The zero-order valence-corrected chi connectivity index (χ0v) is 15.6. The minimum Gasteiger partial charge on any atom is -0.480 e. The van der Waals surface area contributed by atoms with Gasteiger partial charge in [0.2, 0.25) is 5.91 Å². The van der Waals surface area contributed by atoms with Crippen molar-refractivity contribution in [3.8, 4) is 5.75 Å². The quantitative estimate of drug-likeness (QED) is 0.823. The highest BCUT2D eigenvalue weighted by atomic mass is 35.5. The van der Waals surface area contributed by atoms with Crippen LogP contribution in [0.2, 0.25) is 5.02 Å². The summed E-state index contributed by atoms with van der Waals surface area (Å²) in [6.45, 7) is 2.03. The third kappa shape index (κ3) is 5.14. The Morgan fingerprint density at radius 1 is 1.04 bits per heavy atom. The van der Waals surface area contributed by atoms with Crippen LogP contribution < -0.4 is 9.64 Å². The number of piperazine rings is 1. The van der Waals surface area contributed by atoms with Crippen molar-refractivity contribution in [1.82, 2.24) is 4.90 Å². The van der Waals surface area contributed by atoms with Crippen LogP contribution in [0, 0.1) is 0 Å². The van der Waals surface area contributed by atoms with Crippen molar-refractivity contribution in [3.05, 3.63) is 59.1 Å². The normalized spacial score (nSPS) is 14.1. The van der Waals surface area contributed by atoms with Crippen LogP contribution in [0.4, 0.5) is 5.69 Å². The molecule has 1 saturated heterocycles. The molecule has 6 nitrogen and oxygen atoms in total. The summed E-state index contributed by atoms with van der Waals surface area (Å²) in [5.74, 6) is -0.451. The third-order valence-corrected chi connectivity index (χ3v) is 4.68. The molecule has 1 N–H and O–H groups in total. The van der Waals surface area contributed by atoms with E-state index in [0.717, 1.165) is 11.3 Å². The number of nitrogens with zero attached hydrogens (tertiary/aromatic N) is 2. The molecule has 0 spiro atoms. The number of rotatable bonds is 6. The highest BCUT2D eigenvalue weighted by Crippen LogP contribution is 2.32. The molecular formula is C20H21ClN2O4. The fraction of sp³-hybridized carbons (Fsp3) is 0.300. The first-order valence-corrected chi connectivity index (χ1v) is 9.11. The van der Waals surface area contributed by atoms with E-state index < -0.39 is 12.6 Å². The fourth-order valence-corrected chi connectivity index (χ4v) is 3.24. The van der Waals surface area contributed by atoms with Crippen LogP contribution in [-0.4, -0.2) is 54.7 Å². The van der Waals surface area contributed by atoms with Crippen molar-refractivity contribution < 1.29 is 19.4 Å². The third-order valence-electron chi connectivity index (χ3n) is 4.44. The van der Waals surface area contributed by atoms with Crippen molar-refractivity contribution in [2.45, 2.75) is 6.42 Å². The number of carboxylic acids is 1. The van der Waals surface area contributed by atoms with E-state index in [1.807, 2.05) is 35.2 Å². The Bertz CT molecular complexity index is 805. The number of ether oxygens (including phenoxy) is 1. The van der Waals surface area contributed by atoms with E-state index in [0.29, 0.717) is 43.4 Å². The summed E-state index contributed by atoms with van der Waals surface area (Å²) in [6.07, 6.45) is 0.394. The number of benzene rings is 2. The van der Waals surface area contributed by atoms with Crippen molar-refractivity contribution >= 4 is 29.2 Å². The minimum absolute atomic E-state index is 0.106. The number of hydrogen-bond donors (Lipinski definition) is 1. The second kappa shape index (κ2) is 8.77. The summed E-state index contributed by atoms with van der Waals surface area (Å²) in [5.41, 5.74) is 1.75. The second-order valence-corrected chi connectivity index (χ2v) is 6.76. The maximum Gasteiger partial charge on any atom is 0.341 e. The summed E-state index contributed by atoms with van der Waals surface area (Å²) in [6, 6.07) is 14.8. The van der Waals surface area contributed by atoms with Gasteiger partial charge in [-0.25, -0.2) is 4.79 Å². The first-order chi connectivity index (χ1) is 13.0. The number of carboxylic acid groups (broad SMARTS) is 1. The standard InChI is InChI=1S/C20H21ClN2O4/c21-16-6-7-18(27-14-20(25)26)17(13-16)22-8-10-23(11-9-22)19(24)12-15-4-2-1-3-5-15/h1-7,13H,8-12,14H2,(H,25,26). The Morgan fingerprint density at radius 3 is 2.41 bits per heavy atom. The van der Waals surface area contributed by atoms with Crippen LogP contribution in [0.1, 0.15) is 5.56 Å². The number of halogens is 1. The molecule has 0 aromatic heterocycles. The molecule has 1 aliphatic heterocycles. The van der Waals surface area contributed by atoms with Crippen molar-refractivity contribution in [1.29, 1.82) is 0 Å². The van der Waals surface area contributed by atoms with E-state index in [9.17, 15) is 9.59 Å². The van der Waals surface area contributed by atoms with Gasteiger partial charge in [-0.3, -0.25) is 4.79 Å². The van der Waals surface area contributed by atoms with Gasteiger partial charge in [0.15, 0.2) is 6.61 Å². The Balaban J connectivity index is 1.62. The molecule has 1 fully saturated rings. The predicted molar refractivity (Wildman–Crippen MR) is 104 cm³/mol. The lowest BCUT2D eigenvalue weighted by molar-refractivity contribution is -0.139. The number of carbonyl (C=O) groups excluding carboxylic acids is 1. The lowest BCUT2D eigenvalue weighted by Gasteiger charge is -2.36. The monoisotopic (exact) mass is 388 g/mol. The zero-order valence-electron chi connectivity index (χ0n) is 14.8. The molecule has 0 unspecified atom stereocenters. The number of carbonyl (C=O) groups is 2. The van der Waals surface area contributed by atoms with Gasteiger partial charge in [0.1, 0.15) is 5.75 Å². The molecule has 1 amide bonds. The van der Waals surface area contributed by atoms with Gasteiger partial charge in [0.05, 0.1) is 12.1 Å². The summed E-state index contributed by atoms with van der Waals surface area (Å²) >= 11 is 6.11. The minimum atomic E-state index is -1.03. The molecular weight excluding hydrogens is 368 g/mol. The van der Waals surface area contributed by atoms with Gasteiger partial charge in [0.25, 0.3) is 0 Å². The Hall–Kier alpha value is -2.73. The molecule has 1 heterocycles. The molecule has 142 valence electrons. The number of anilines is 1. The molecule has 0 bridgehead atoms. The molecule has 7 heteroatoms. The molecule has 0 radical (unpaired) electrons. The van der Waals surface area contributed by atoms with E-state index in [-0.39, 0.29) is 5.91 Å². The van der Waals surface area contributed by atoms with Gasteiger partial charge in [-0.1, -0.05) is 41.9 Å². The Kier molecular flexibility index (Phi) is 6.19. The Morgan fingerprint density at radius 2 is 1.74 bits per heavy atom. The van der Waals surface area contributed by atoms with Crippen LogP contribution in [0.5, 0.6) is 5.75 Å². The molecule has 3 rings (SSSR count). The van der Waals surface area contributed by atoms with Crippen molar-refractivity contribution in [3.63, 3.8) is 0 Å². The smallest absolute Gasteiger partial charge is 0.341 e. The highest BCUT2D eigenvalue weighted by Gasteiger charge is 2.23. The topological polar surface area (TPSA) is 70.1 Å². The van der Waals surface area contributed by atoms with Crippen LogP contribution in [-0.2, 0) is 16.0 Å². The molecule has 27 heavy (non-hydrogen) atoms. The van der Waals surface area contributed by atoms with E-state index in [1.165, 1.54) is 0 Å². The summed E-state index contributed by atoms with van der Waals surface area (Å²) in [5, 5.41) is 9.39. The van der Waals surface area contributed by atoms with Crippen molar-refractivity contribution in [2.24, 2.45) is 0 Å². The van der Waals surface area contributed by atoms with E-state index in [4.69, 9.17) is 21.4 Å². The lowest BCUT2D eigenvalue weighted by atomic mass is 10.1. The largest absolute Gasteiger partial charge is 0.480 e. The van der Waals surface area contributed by atoms with Gasteiger partial charge in [0, 0.05) is 31.2 Å². The zero-order chi connectivity index (χ0) is 19.2. The molecule has 0 saturated carbocycles. The van der Waals surface area contributed by atoms with Crippen LogP contribution >= 0.6 is 11.6 Å². The van der Waals surface area contributed by atoms with Gasteiger partial charge >= 0.3 is 5.97 Å². The maximum atomic E-state index is 12.5. The molecule has 2 aromatic rings.